The van der Waals surface area contributed by atoms with Crippen LogP contribution in [0.25, 0.3) is 22.2 Å². The summed E-state index contributed by atoms with van der Waals surface area (Å²) in [7, 11) is 2.93. The van der Waals surface area contributed by atoms with Crippen LogP contribution >= 0.6 is 0 Å². The molecule has 31 heavy (non-hydrogen) atoms. The second kappa shape index (κ2) is 10.2. The maximum atomic E-state index is 13.6. The van der Waals surface area contributed by atoms with E-state index in [1.807, 2.05) is 49.4 Å². The van der Waals surface area contributed by atoms with Gasteiger partial charge in [-0.05, 0) is 31.5 Å². The molecule has 0 spiro atoms. The lowest BCUT2D eigenvalue weighted by atomic mass is 9.99. The summed E-state index contributed by atoms with van der Waals surface area (Å²) in [5, 5.41) is 0.779. The predicted molar refractivity (Wildman–Crippen MR) is 121 cm³/mol. The van der Waals surface area contributed by atoms with Gasteiger partial charge in [-0.1, -0.05) is 42.0 Å². The number of aryl methyl sites for hydroxylation is 2. The van der Waals surface area contributed by atoms with Crippen molar-refractivity contribution < 1.29 is 19.1 Å². The number of rotatable bonds is 8. The number of pyridine rings is 1. The third-order valence-corrected chi connectivity index (χ3v) is 5.27. The molecule has 3 aromatic rings. The average Bonchev–Trinajstić information content (AvgIpc) is 2.77. The maximum absolute atomic E-state index is 13.6. The highest BCUT2D eigenvalue weighted by molar-refractivity contribution is 6.07. The quantitative estimate of drug-likeness (QED) is 0.512. The fraction of sp³-hybridized carbons (Fsp3) is 0.320. The van der Waals surface area contributed by atoms with Crippen molar-refractivity contribution in [2.45, 2.75) is 20.3 Å². The summed E-state index contributed by atoms with van der Waals surface area (Å²) in [6.07, 6.45) is 0.124. The molecule has 0 saturated heterocycles. The van der Waals surface area contributed by atoms with Crippen LogP contribution < -0.4 is 0 Å². The normalized spacial score (nSPS) is 10.8. The number of fused-ring (bicyclic) bond motifs is 1. The molecule has 6 heteroatoms. The number of ether oxygens (including phenoxy) is 2. The molecule has 3 rings (SSSR count). The molecule has 1 aromatic heterocycles. The van der Waals surface area contributed by atoms with Crippen LogP contribution in [-0.4, -0.2) is 55.7 Å². The van der Waals surface area contributed by atoms with Crippen LogP contribution in [0.5, 0.6) is 0 Å². The van der Waals surface area contributed by atoms with Gasteiger partial charge >= 0.3 is 5.97 Å². The Bertz CT molecular complexity index is 1090. The number of carbonyl (C=O) groups excluding carboxylic acids is 2. The van der Waals surface area contributed by atoms with Crippen molar-refractivity contribution in [2.24, 2.45) is 0 Å². The van der Waals surface area contributed by atoms with Gasteiger partial charge in [0.2, 0.25) is 0 Å². The largest absolute Gasteiger partial charge is 0.469 e. The Kier molecular flexibility index (Phi) is 7.36. The van der Waals surface area contributed by atoms with Crippen molar-refractivity contribution in [2.75, 3.05) is 33.9 Å². The van der Waals surface area contributed by atoms with Crippen molar-refractivity contribution in [1.82, 2.24) is 9.88 Å². The predicted octanol–water partition coefficient (Wildman–Crippen LogP) is 4.17. The zero-order valence-corrected chi connectivity index (χ0v) is 18.5. The minimum Gasteiger partial charge on any atom is -0.469 e. The molecule has 0 aliphatic rings. The SMILES string of the molecule is COCCN(CCC(=O)OC)C(=O)c1cc(-c2ccc(C)cc2C)nc2ccccc12. The van der Waals surface area contributed by atoms with Crippen LogP contribution in [0.3, 0.4) is 0 Å². The number of esters is 1. The zero-order valence-electron chi connectivity index (χ0n) is 18.5. The Labute approximate surface area is 182 Å². The highest BCUT2D eigenvalue weighted by Gasteiger charge is 2.21. The summed E-state index contributed by atoms with van der Waals surface area (Å²) in [6, 6.07) is 15.7. The van der Waals surface area contributed by atoms with Gasteiger partial charge in [-0.15, -0.1) is 0 Å². The number of aromatic nitrogens is 1. The van der Waals surface area contributed by atoms with Gasteiger partial charge < -0.3 is 14.4 Å². The molecular weight excluding hydrogens is 392 g/mol. The summed E-state index contributed by atoms with van der Waals surface area (Å²) in [5.74, 6) is -0.517. The lowest BCUT2D eigenvalue weighted by molar-refractivity contribution is -0.140. The van der Waals surface area contributed by atoms with Crippen LogP contribution in [0.1, 0.15) is 27.9 Å². The first-order valence-electron chi connectivity index (χ1n) is 10.3. The first kappa shape index (κ1) is 22.4. The first-order chi connectivity index (χ1) is 14.9. The van der Waals surface area contributed by atoms with Gasteiger partial charge in [-0.3, -0.25) is 9.59 Å². The molecule has 0 aliphatic carbocycles. The molecule has 1 heterocycles. The summed E-state index contributed by atoms with van der Waals surface area (Å²) in [6.45, 7) is 5.10. The van der Waals surface area contributed by atoms with Gasteiger partial charge in [0.05, 0.1) is 36.9 Å². The second-order valence-electron chi connectivity index (χ2n) is 7.50. The standard InChI is InChI=1S/C25H28N2O4/c1-17-9-10-19(18(2)15-17)23-16-21(20-7-5-6-8-22(20)26-23)25(29)27(13-14-30-3)12-11-24(28)31-4/h5-10,15-16H,11-14H2,1-4H3. The number of methoxy groups -OCH3 is 2. The molecule has 0 atom stereocenters. The van der Waals surface area contributed by atoms with Crippen molar-refractivity contribution in [3.05, 3.63) is 65.2 Å². The topological polar surface area (TPSA) is 68.7 Å². The molecule has 6 nitrogen and oxygen atoms in total. The second-order valence-corrected chi connectivity index (χ2v) is 7.50. The Morgan fingerprint density at radius 1 is 1.00 bits per heavy atom. The molecule has 0 radical (unpaired) electrons. The fourth-order valence-corrected chi connectivity index (χ4v) is 3.61. The lowest BCUT2D eigenvalue weighted by Crippen LogP contribution is -2.36. The van der Waals surface area contributed by atoms with E-state index in [1.165, 1.54) is 12.7 Å². The third-order valence-electron chi connectivity index (χ3n) is 5.27. The van der Waals surface area contributed by atoms with Crippen LogP contribution in [0.15, 0.2) is 48.5 Å². The number of amides is 1. The van der Waals surface area contributed by atoms with Crippen molar-refractivity contribution >= 4 is 22.8 Å². The highest BCUT2D eigenvalue weighted by Crippen LogP contribution is 2.28. The van der Waals surface area contributed by atoms with Crippen LogP contribution in [0, 0.1) is 13.8 Å². The molecule has 1 amide bonds. The maximum Gasteiger partial charge on any atom is 0.307 e. The summed E-state index contributed by atoms with van der Waals surface area (Å²) in [4.78, 5) is 31.7. The Balaban J connectivity index is 2.07. The minimum atomic E-state index is -0.356. The number of carbonyl (C=O) groups is 2. The van der Waals surface area contributed by atoms with Gasteiger partial charge in [-0.2, -0.15) is 0 Å². The summed E-state index contributed by atoms with van der Waals surface area (Å²) >= 11 is 0. The monoisotopic (exact) mass is 420 g/mol. The molecule has 0 unspecified atom stereocenters. The number of para-hydroxylation sites is 1. The zero-order chi connectivity index (χ0) is 22.4. The molecular formula is C25H28N2O4. The summed E-state index contributed by atoms with van der Waals surface area (Å²) in [5.41, 5.74) is 5.32. The van der Waals surface area contributed by atoms with Crippen LogP contribution in [0.2, 0.25) is 0 Å². The minimum absolute atomic E-state index is 0.124. The number of nitrogens with zero attached hydrogens (tertiary/aromatic N) is 2. The summed E-state index contributed by atoms with van der Waals surface area (Å²) < 4.78 is 9.92. The molecule has 0 N–H and O–H groups in total. The molecule has 0 aliphatic heterocycles. The number of benzene rings is 2. The number of hydrogen-bond acceptors (Lipinski definition) is 5. The van der Waals surface area contributed by atoms with E-state index in [0.29, 0.717) is 18.7 Å². The van der Waals surface area contributed by atoms with E-state index in [1.54, 1.807) is 12.0 Å². The van der Waals surface area contributed by atoms with E-state index in [9.17, 15) is 9.59 Å². The molecule has 0 saturated carbocycles. The van der Waals surface area contributed by atoms with Crippen molar-refractivity contribution in [1.29, 1.82) is 0 Å². The van der Waals surface area contributed by atoms with Crippen LogP contribution in [0.4, 0.5) is 0 Å². The van der Waals surface area contributed by atoms with Crippen molar-refractivity contribution in [3.63, 3.8) is 0 Å². The van der Waals surface area contributed by atoms with E-state index in [2.05, 4.69) is 13.0 Å². The molecule has 2 aromatic carbocycles. The van der Waals surface area contributed by atoms with E-state index in [4.69, 9.17) is 14.5 Å². The van der Waals surface area contributed by atoms with E-state index < -0.39 is 0 Å². The fourth-order valence-electron chi connectivity index (χ4n) is 3.61. The van der Waals surface area contributed by atoms with Gasteiger partial charge in [0.25, 0.3) is 5.91 Å². The first-order valence-corrected chi connectivity index (χ1v) is 10.3. The van der Waals surface area contributed by atoms with Crippen molar-refractivity contribution in [3.8, 4) is 11.3 Å². The molecule has 0 fully saturated rings. The lowest BCUT2D eigenvalue weighted by Gasteiger charge is -2.23. The van der Waals surface area contributed by atoms with E-state index >= 15 is 0 Å². The van der Waals surface area contributed by atoms with E-state index in [-0.39, 0.29) is 24.8 Å². The molecule has 162 valence electrons. The average molecular weight is 421 g/mol. The Morgan fingerprint density at radius 2 is 1.77 bits per heavy atom. The van der Waals surface area contributed by atoms with Crippen LogP contribution in [-0.2, 0) is 14.3 Å². The van der Waals surface area contributed by atoms with Gasteiger partial charge in [0.15, 0.2) is 0 Å². The van der Waals surface area contributed by atoms with Gasteiger partial charge in [0, 0.05) is 31.1 Å². The Hall–Kier alpha value is -3.25. The van der Waals surface area contributed by atoms with Gasteiger partial charge in [-0.25, -0.2) is 4.98 Å². The highest BCUT2D eigenvalue weighted by atomic mass is 16.5. The number of hydrogen-bond donors (Lipinski definition) is 0. The van der Waals surface area contributed by atoms with E-state index in [0.717, 1.165) is 27.7 Å². The smallest absolute Gasteiger partial charge is 0.307 e. The molecule has 0 bridgehead atoms. The third kappa shape index (κ3) is 5.27. The Morgan fingerprint density at radius 3 is 2.48 bits per heavy atom. The van der Waals surface area contributed by atoms with Gasteiger partial charge in [0.1, 0.15) is 0 Å².